The minimum Gasteiger partial charge on any atom is -0.480 e. The molecule has 0 radical (unpaired) electrons. The number of terminal acetylenes is 2. The molecule has 39 heavy (non-hydrogen) atoms. The van der Waals surface area contributed by atoms with Crippen molar-refractivity contribution in [3.63, 3.8) is 0 Å². The average Bonchev–Trinajstić information content (AvgIpc) is 3.57. The van der Waals surface area contributed by atoms with Gasteiger partial charge in [0.05, 0.1) is 18.2 Å². The van der Waals surface area contributed by atoms with Crippen molar-refractivity contribution in [2.24, 2.45) is 5.92 Å². The molecule has 3 heterocycles. The van der Waals surface area contributed by atoms with Crippen molar-refractivity contribution in [2.75, 3.05) is 13.1 Å². The summed E-state index contributed by atoms with van der Waals surface area (Å²) in [6.07, 6.45) is 19.6. The molecule has 1 aliphatic rings. The van der Waals surface area contributed by atoms with Crippen LogP contribution in [-0.4, -0.2) is 57.7 Å². The minimum atomic E-state index is -1.01. The quantitative estimate of drug-likeness (QED) is 0.486. The van der Waals surface area contributed by atoms with Gasteiger partial charge in [0.25, 0.3) is 0 Å². The van der Waals surface area contributed by atoms with Crippen molar-refractivity contribution in [3.05, 3.63) is 47.1 Å². The second-order valence-corrected chi connectivity index (χ2v) is 9.61. The largest absolute Gasteiger partial charge is 0.480 e. The zero-order chi connectivity index (χ0) is 30.6. The van der Waals surface area contributed by atoms with Gasteiger partial charge < -0.3 is 29.5 Å². The first-order chi connectivity index (χ1) is 18.3. The number of ether oxygens (including phenoxy) is 1. The Hall–Kier alpha value is -4.44. The Morgan fingerprint density at radius 2 is 1.74 bits per heavy atom. The lowest BCUT2D eigenvalue weighted by atomic mass is 10.2. The molecule has 2 amide bonds. The van der Waals surface area contributed by atoms with Crippen molar-refractivity contribution in [2.45, 2.75) is 66.0 Å². The maximum Gasteiger partial charge on any atom is 0.408 e. The summed E-state index contributed by atoms with van der Waals surface area (Å²) in [4.78, 5) is 49.0. The Morgan fingerprint density at radius 1 is 1.15 bits per heavy atom. The zero-order valence-corrected chi connectivity index (χ0v) is 23.6. The first-order valence-corrected chi connectivity index (χ1v) is 12.2. The Morgan fingerprint density at radius 3 is 2.21 bits per heavy atom. The smallest absolute Gasteiger partial charge is 0.408 e. The number of hydrogen-bond acceptors (Lipinski definition) is 6. The van der Waals surface area contributed by atoms with Gasteiger partial charge in [0.2, 0.25) is 11.5 Å². The van der Waals surface area contributed by atoms with Gasteiger partial charge in [0.1, 0.15) is 18.2 Å². The molecule has 0 unspecified atom stereocenters. The number of hydrogen-bond donors (Lipinski definition) is 3. The van der Waals surface area contributed by atoms with Gasteiger partial charge in [-0.3, -0.25) is 9.59 Å². The lowest BCUT2D eigenvalue weighted by Gasteiger charge is -2.23. The number of amides is 2. The number of alkyl carbamates (subject to hydrolysis) is 1. The van der Waals surface area contributed by atoms with Gasteiger partial charge in [-0.1, -0.05) is 26.8 Å². The molecular weight excluding hydrogens is 502 g/mol. The number of aliphatic carboxylic acids is 1. The van der Waals surface area contributed by atoms with Crippen LogP contribution in [0.5, 0.6) is 0 Å². The SMILES string of the molecule is C#C.C#C.CC(C)(C)OC(=O)NCC(=O)N1CCC[C@H]1C(=O)O.CC(C)C.O=c1cccc(-c2ccoc2)[nH]1. The number of carbonyl (C=O) groups is 3. The van der Waals surface area contributed by atoms with E-state index in [1.54, 1.807) is 45.4 Å². The molecule has 0 bridgehead atoms. The maximum absolute atomic E-state index is 11.8. The fourth-order valence-corrected chi connectivity index (χ4v) is 2.92. The third-order valence-electron chi connectivity index (χ3n) is 4.24. The predicted molar refractivity (Wildman–Crippen MR) is 152 cm³/mol. The maximum atomic E-state index is 11.8. The van der Waals surface area contributed by atoms with Gasteiger partial charge in [-0.25, -0.2) is 9.59 Å². The molecular formula is C29H41N3O7. The van der Waals surface area contributed by atoms with Gasteiger partial charge in [0, 0.05) is 18.2 Å². The predicted octanol–water partition coefficient (Wildman–Crippen LogP) is 4.38. The molecule has 3 rings (SSSR count). The van der Waals surface area contributed by atoms with Crippen LogP contribution in [-0.2, 0) is 14.3 Å². The molecule has 1 saturated heterocycles. The van der Waals surface area contributed by atoms with Crippen molar-refractivity contribution < 1.29 is 28.6 Å². The van der Waals surface area contributed by atoms with Crippen LogP contribution < -0.4 is 10.9 Å². The second kappa shape index (κ2) is 19.6. The molecule has 1 atom stereocenters. The lowest BCUT2D eigenvalue weighted by molar-refractivity contribution is -0.147. The van der Waals surface area contributed by atoms with Gasteiger partial charge in [0.15, 0.2) is 0 Å². The van der Waals surface area contributed by atoms with Crippen LogP contribution in [0.4, 0.5) is 4.79 Å². The highest BCUT2D eigenvalue weighted by atomic mass is 16.6. The van der Waals surface area contributed by atoms with Crippen molar-refractivity contribution in [1.29, 1.82) is 0 Å². The zero-order valence-electron chi connectivity index (χ0n) is 23.6. The fraction of sp³-hybridized carbons (Fsp3) is 0.448. The topological polar surface area (TPSA) is 142 Å². The van der Waals surface area contributed by atoms with Gasteiger partial charge in [-0.05, 0) is 51.7 Å². The number of rotatable bonds is 4. The van der Waals surface area contributed by atoms with E-state index in [1.807, 2.05) is 6.07 Å². The third kappa shape index (κ3) is 16.8. The number of aromatic amines is 1. The summed E-state index contributed by atoms with van der Waals surface area (Å²) < 4.78 is 9.87. The van der Waals surface area contributed by atoms with E-state index < -0.39 is 29.6 Å². The number of nitrogens with one attached hydrogen (secondary N) is 2. The van der Waals surface area contributed by atoms with Crippen LogP contribution in [0.3, 0.4) is 0 Å². The molecule has 0 saturated carbocycles. The van der Waals surface area contributed by atoms with Crippen molar-refractivity contribution in [1.82, 2.24) is 15.2 Å². The van der Waals surface area contributed by atoms with Crippen molar-refractivity contribution >= 4 is 18.0 Å². The van der Waals surface area contributed by atoms with E-state index in [0.29, 0.717) is 19.4 Å². The van der Waals surface area contributed by atoms with Gasteiger partial charge >= 0.3 is 12.1 Å². The molecule has 1 fully saturated rings. The summed E-state index contributed by atoms with van der Waals surface area (Å²) >= 11 is 0. The molecule has 0 aliphatic carbocycles. The highest BCUT2D eigenvalue weighted by Gasteiger charge is 2.33. The summed E-state index contributed by atoms with van der Waals surface area (Å²) in [5.41, 5.74) is 0.919. The summed E-state index contributed by atoms with van der Waals surface area (Å²) in [6, 6.07) is 6.02. The van der Waals surface area contributed by atoms with Crippen LogP contribution in [0.15, 0.2) is 46.0 Å². The summed E-state index contributed by atoms with van der Waals surface area (Å²) in [7, 11) is 0. The summed E-state index contributed by atoms with van der Waals surface area (Å²) in [5.74, 6) is -0.584. The number of carboxylic acid groups (broad SMARTS) is 1. The van der Waals surface area contributed by atoms with E-state index in [1.165, 1.54) is 11.0 Å². The molecule has 214 valence electrons. The number of likely N-dealkylation sites (tertiary alicyclic amines) is 1. The molecule has 2 aromatic rings. The van der Waals surface area contributed by atoms with Crippen LogP contribution in [0.1, 0.15) is 54.4 Å². The molecule has 10 nitrogen and oxygen atoms in total. The number of H-pyrrole nitrogens is 1. The van der Waals surface area contributed by atoms with Crippen LogP contribution >= 0.6 is 0 Å². The standard InChI is InChI=1S/C12H20N2O5.C9H7NO2.C4H10.2C2H2/c1-12(2,3)19-11(18)13-7-9(15)14-6-4-5-8(14)10(16)17;11-9-3-1-2-8(10-9)7-4-5-12-6-7;1-4(2)3;2*1-2/h8H,4-7H2,1-3H3,(H,13,18)(H,16,17);1-6H,(H,10,11);4H,1-3H3;2*1-2H/t8-;;;;/m0..../s1. The number of aromatic nitrogens is 1. The molecule has 0 spiro atoms. The first kappa shape index (κ1) is 36.7. The van der Waals surface area contributed by atoms with Crippen LogP contribution in [0.2, 0.25) is 0 Å². The fourth-order valence-electron chi connectivity index (χ4n) is 2.92. The monoisotopic (exact) mass is 543 g/mol. The highest BCUT2D eigenvalue weighted by molar-refractivity contribution is 5.87. The Kier molecular flexibility index (Phi) is 18.5. The average molecular weight is 544 g/mol. The van der Waals surface area contributed by atoms with Gasteiger partial charge in [-0.2, -0.15) is 0 Å². The molecule has 10 heteroatoms. The number of nitrogens with zero attached hydrogens (tertiary/aromatic N) is 1. The van der Waals surface area contributed by atoms with E-state index >= 15 is 0 Å². The lowest BCUT2D eigenvalue weighted by Crippen LogP contribution is -2.46. The molecule has 0 aromatic carbocycles. The van der Waals surface area contributed by atoms with Crippen molar-refractivity contribution in [3.8, 4) is 37.0 Å². The number of carbonyl (C=O) groups excluding carboxylic acids is 2. The minimum absolute atomic E-state index is 0.103. The van der Waals surface area contributed by atoms with E-state index in [2.05, 4.69) is 56.8 Å². The Balaban J connectivity index is 0. The Labute approximate surface area is 231 Å². The van der Waals surface area contributed by atoms with Crippen LogP contribution in [0, 0.1) is 31.6 Å². The molecule has 2 aromatic heterocycles. The number of carboxylic acids is 1. The highest BCUT2D eigenvalue weighted by Crippen LogP contribution is 2.17. The van der Waals surface area contributed by atoms with E-state index in [9.17, 15) is 19.2 Å². The second-order valence-electron chi connectivity index (χ2n) is 9.61. The summed E-state index contributed by atoms with van der Waals surface area (Å²) in [5, 5.41) is 11.3. The van der Waals surface area contributed by atoms with E-state index in [0.717, 1.165) is 17.2 Å². The Bertz CT molecular complexity index is 1070. The normalized spacial score (nSPS) is 13.4. The third-order valence-corrected chi connectivity index (χ3v) is 4.24. The van der Waals surface area contributed by atoms with E-state index in [4.69, 9.17) is 14.3 Å². The number of furan rings is 1. The molecule has 3 N–H and O–H groups in total. The van der Waals surface area contributed by atoms with E-state index in [-0.39, 0.29) is 12.1 Å². The number of pyridine rings is 1. The first-order valence-electron chi connectivity index (χ1n) is 12.2. The summed E-state index contributed by atoms with van der Waals surface area (Å²) in [6.45, 7) is 11.8. The van der Waals surface area contributed by atoms with Gasteiger partial charge in [-0.15, -0.1) is 25.7 Å². The van der Waals surface area contributed by atoms with Crippen LogP contribution in [0.25, 0.3) is 11.3 Å². The molecule has 1 aliphatic heterocycles.